The molecule has 0 N–H and O–H groups in total. The van der Waals surface area contributed by atoms with Gasteiger partial charge in [0.25, 0.3) is 5.91 Å². The molecule has 0 atom stereocenters. The van der Waals surface area contributed by atoms with Crippen molar-refractivity contribution < 1.29 is 9.21 Å². The summed E-state index contributed by atoms with van der Waals surface area (Å²) in [6.45, 7) is 4.08. The Hall–Kier alpha value is -2.28. The molecule has 0 radical (unpaired) electrons. The summed E-state index contributed by atoms with van der Waals surface area (Å²) in [5, 5.41) is 3.16. The Labute approximate surface area is 171 Å². The summed E-state index contributed by atoms with van der Waals surface area (Å²) >= 11 is 8.11. The number of thiocarbonyl (C=S) groups is 1. The van der Waals surface area contributed by atoms with E-state index in [1.165, 1.54) is 27.4 Å². The van der Waals surface area contributed by atoms with Crippen LogP contribution >= 0.6 is 35.7 Å². The molecule has 0 saturated carbocycles. The standard InChI is InChI=1S/C21H15NO2S3/c1-2-12-22-20(23)18(27-21(22)25)13-15-10-11-19(24-15)26-17-9-5-7-14-6-3-4-8-16(14)17/h2-11,13H,1,12H2. The summed E-state index contributed by atoms with van der Waals surface area (Å²) < 4.78 is 6.46. The molecule has 0 spiro atoms. The quantitative estimate of drug-likeness (QED) is 0.294. The zero-order valence-electron chi connectivity index (χ0n) is 14.3. The van der Waals surface area contributed by atoms with Crippen LogP contribution < -0.4 is 0 Å². The van der Waals surface area contributed by atoms with Crippen molar-refractivity contribution >= 4 is 62.8 Å². The lowest BCUT2D eigenvalue weighted by atomic mass is 10.1. The van der Waals surface area contributed by atoms with Crippen LogP contribution in [0.1, 0.15) is 5.76 Å². The van der Waals surface area contributed by atoms with Crippen molar-refractivity contribution in [2.45, 2.75) is 9.99 Å². The lowest BCUT2D eigenvalue weighted by molar-refractivity contribution is -0.121. The highest BCUT2D eigenvalue weighted by atomic mass is 32.2. The van der Waals surface area contributed by atoms with E-state index in [0.717, 1.165) is 9.99 Å². The molecule has 1 saturated heterocycles. The molecule has 134 valence electrons. The number of furan rings is 1. The minimum absolute atomic E-state index is 0.107. The molecule has 0 bridgehead atoms. The van der Waals surface area contributed by atoms with Gasteiger partial charge < -0.3 is 4.42 Å². The third-order valence-electron chi connectivity index (χ3n) is 4.02. The molecule has 3 nitrogen and oxygen atoms in total. The van der Waals surface area contributed by atoms with Crippen LogP contribution in [-0.4, -0.2) is 21.7 Å². The van der Waals surface area contributed by atoms with E-state index in [2.05, 4.69) is 30.8 Å². The Morgan fingerprint density at radius 2 is 1.96 bits per heavy atom. The van der Waals surface area contributed by atoms with E-state index in [0.29, 0.717) is 21.5 Å². The second kappa shape index (κ2) is 7.76. The van der Waals surface area contributed by atoms with Crippen molar-refractivity contribution in [1.82, 2.24) is 4.90 Å². The summed E-state index contributed by atoms with van der Waals surface area (Å²) in [6, 6.07) is 18.3. The second-order valence-electron chi connectivity index (χ2n) is 5.82. The first-order valence-corrected chi connectivity index (χ1v) is 10.3. The molecule has 2 aromatic carbocycles. The third kappa shape index (κ3) is 3.74. The van der Waals surface area contributed by atoms with Crippen LogP contribution in [0, 0.1) is 0 Å². The van der Waals surface area contributed by atoms with Crippen molar-refractivity contribution in [3.63, 3.8) is 0 Å². The van der Waals surface area contributed by atoms with E-state index in [9.17, 15) is 4.79 Å². The van der Waals surface area contributed by atoms with Gasteiger partial charge in [0.1, 0.15) is 10.1 Å². The average Bonchev–Trinajstić information content (AvgIpc) is 3.22. The Morgan fingerprint density at radius 1 is 1.15 bits per heavy atom. The Bertz CT molecular complexity index is 1080. The number of carbonyl (C=O) groups is 1. The van der Waals surface area contributed by atoms with E-state index < -0.39 is 0 Å². The van der Waals surface area contributed by atoms with Gasteiger partial charge in [-0.2, -0.15) is 0 Å². The minimum atomic E-state index is -0.107. The first-order chi connectivity index (χ1) is 13.2. The number of nitrogens with zero attached hydrogens (tertiary/aromatic N) is 1. The highest BCUT2D eigenvalue weighted by molar-refractivity contribution is 8.26. The highest BCUT2D eigenvalue weighted by Gasteiger charge is 2.31. The van der Waals surface area contributed by atoms with Gasteiger partial charge in [0, 0.05) is 17.5 Å². The highest BCUT2D eigenvalue weighted by Crippen LogP contribution is 2.36. The number of hydrogen-bond donors (Lipinski definition) is 0. The third-order valence-corrected chi connectivity index (χ3v) is 6.40. The normalized spacial score (nSPS) is 15.9. The maximum absolute atomic E-state index is 12.4. The van der Waals surface area contributed by atoms with Crippen LogP contribution in [-0.2, 0) is 4.79 Å². The molecule has 27 heavy (non-hydrogen) atoms. The average molecular weight is 410 g/mol. The van der Waals surface area contributed by atoms with Crippen LogP contribution in [0.2, 0.25) is 0 Å². The van der Waals surface area contributed by atoms with Crippen LogP contribution in [0.3, 0.4) is 0 Å². The minimum Gasteiger partial charge on any atom is -0.450 e. The Balaban J connectivity index is 1.56. The van der Waals surface area contributed by atoms with Gasteiger partial charge in [-0.25, -0.2) is 0 Å². The van der Waals surface area contributed by atoms with Gasteiger partial charge in [-0.15, -0.1) is 6.58 Å². The molecule has 6 heteroatoms. The predicted molar refractivity (Wildman–Crippen MR) is 117 cm³/mol. The molecule has 2 heterocycles. The molecular formula is C21H15NO2S3. The van der Waals surface area contributed by atoms with Gasteiger partial charge in [-0.1, -0.05) is 78.2 Å². The summed E-state index contributed by atoms with van der Waals surface area (Å²) in [5.74, 6) is 0.529. The van der Waals surface area contributed by atoms with E-state index in [-0.39, 0.29) is 5.91 Å². The van der Waals surface area contributed by atoms with Gasteiger partial charge in [-0.3, -0.25) is 9.69 Å². The molecule has 1 fully saturated rings. The fourth-order valence-electron chi connectivity index (χ4n) is 2.78. The number of rotatable bonds is 5. The lowest BCUT2D eigenvalue weighted by Gasteiger charge is -2.10. The molecule has 1 aromatic heterocycles. The van der Waals surface area contributed by atoms with Crippen molar-refractivity contribution in [2.75, 3.05) is 6.54 Å². The largest absolute Gasteiger partial charge is 0.450 e. The molecule has 0 aliphatic carbocycles. The van der Waals surface area contributed by atoms with E-state index >= 15 is 0 Å². The maximum atomic E-state index is 12.4. The molecular weight excluding hydrogens is 394 g/mol. The monoisotopic (exact) mass is 409 g/mol. The molecule has 1 amide bonds. The molecule has 1 aliphatic heterocycles. The van der Waals surface area contributed by atoms with Crippen molar-refractivity contribution in [1.29, 1.82) is 0 Å². The van der Waals surface area contributed by atoms with Gasteiger partial charge in [0.05, 0.1) is 4.91 Å². The number of carbonyl (C=O) groups excluding carboxylic acids is 1. The topological polar surface area (TPSA) is 33.5 Å². The Kier molecular flexibility index (Phi) is 5.20. The van der Waals surface area contributed by atoms with Gasteiger partial charge in [0.15, 0.2) is 5.09 Å². The van der Waals surface area contributed by atoms with E-state index in [1.807, 2.05) is 30.3 Å². The zero-order chi connectivity index (χ0) is 18.8. The number of benzene rings is 2. The molecule has 1 aliphatic rings. The van der Waals surface area contributed by atoms with Crippen molar-refractivity contribution in [3.05, 3.63) is 77.9 Å². The molecule has 3 aromatic rings. The lowest BCUT2D eigenvalue weighted by Crippen LogP contribution is -2.27. The van der Waals surface area contributed by atoms with Crippen LogP contribution in [0.15, 0.2) is 86.6 Å². The number of fused-ring (bicyclic) bond motifs is 1. The SMILES string of the molecule is C=CCN1C(=O)C(=Cc2ccc(Sc3cccc4ccccc34)o2)SC1=S. The second-order valence-corrected chi connectivity index (χ2v) is 8.54. The zero-order valence-corrected chi connectivity index (χ0v) is 16.7. The summed E-state index contributed by atoms with van der Waals surface area (Å²) in [6.07, 6.45) is 3.41. The molecule has 0 unspecified atom stereocenters. The van der Waals surface area contributed by atoms with Gasteiger partial charge in [0.2, 0.25) is 0 Å². The first-order valence-electron chi connectivity index (χ1n) is 8.27. The number of hydrogen-bond acceptors (Lipinski definition) is 5. The van der Waals surface area contributed by atoms with Crippen LogP contribution in [0.5, 0.6) is 0 Å². The molecule has 4 rings (SSSR count). The summed E-state index contributed by atoms with van der Waals surface area (Å²) in [7, 11) is 0. The first kappa shape index (κ1) is 18.1. The van der Waals surface area contributed by atoms with E-state index in [1.54, 1.807) is 23.9 Å². The summed E-state index contributed by atoms with van der Waals surface area (Å²) in [5.41, 5.74) is 0. The fourth-order valence-corrected chi connectivity index (χ4v) is 4.96. The van der Waals surface area contributed by atoms with Crippen molar-refractivity contribution in [2.24, 2.45) is 0 Å². The fraction of sp³-hybridized carbons (Fsp3) is 0.0476. The smallest absolute Gasteiger partial charge is 0.266 e. The van der Waals surface area contributed by atoms with E-state index in [4.69, 9.17) is 16.6 Å². The van der Waals surface area contributed by atoms with Crippen molar-refractivity contribution in [3.8, 4) is 0 Å². The van der Waals surface area contributed by atoms with Crippen LogP contribution in [0.4, 0.5) is 0 Å². The van der Waals surface area contributed by atoms with Crippen LogP contribution in [0.25, 0.3) is 16.8 Å². The van der Waals surface area contributed by atoms with Gasteiger partial charge in [-0.05, 0) is 29.0 Å². The Morgan fingerprint density at radius 3 is 2.81 bits per heavy atom. The summed E-state index contributed by atoms with van der Waals surface area (Å²) in [4.78, 5) is 15.6. The van der Waals surface area contributed by atoms with Gasteiger partial charge >= 0.3 is 0 Å². The maximum Gasteiger partial charge on any atom is 0.266 e. The number of amides is 1. The predicted octanol–water partition coefficient (Wildman–Crippen LogP) is 5.97. The number of thioether (sulfide) groups is 1.